The Morgan fingerprint density at radius 1 is 1.27 bits per heavy atom. The van der Waals surface area contributed by atoms with Gasteiger partial charge in [0.05, 0.1) is 15.7 Å². The molecule has 1 saturated heterocycles. The van der Waals surface area contributed by atoms with E-state index in [1.54, 1.807) is 0 Å². The zero-order chi connectivity index (χ0) is 16.3. The number of ether oxygens (including phenoxy) is 1. The molecule has 1 heterocycles. The van der Waals surface area contributed by atoms with Crippen LogP contribution in [0, 0.1) is 0 Å². The van der Waals surface area contributed by atoms with E-state index < -0.39 is 24.5 Å². The van der Waals surface area contributed by atoms with Crippen LogP contribution in [0.1, 0.15) is 12.8 Å². The molecule has 0 saturated carbocycles. The highest BCUT2D eigenvalue weighted by molar-refractivity contribution is 6.42. The molecule has 2 N–H and O–H groups in total. The van der Waals surface area contributed by atoms with Crippen molar-refractivity contribution in [2.24, 2.45) is 0 Å². The Morgan fingerprint density at radius 3 is 2.45 bits per heavy atom. The molecular weight excluding hydrogens is 355 g/mol. The van der Waals surface area contributed by atoms with Gasteiger partial charge in [0, 0.05) is 11.4 Å². The summed E-state index contributed by atoms with van der Waals surface area (Å²) in [7, 11) is 0. The molecule has 1 aromatic rings. The zero-order valence-electron chi connectivity index (χ0n) is 11.1. The zero-order valence-corrected chi connectivity index (χ0v) is 13.4. The van der Waals surface area contributed by atoms with E-state index in [1.165, 1.54) is 12.1 Å². The SMILES string of the molecule is O=C(COC(=O)[C@H]1CCC(=O)N1)Nc1c(Cl)cc(Cl)cc1Cl. The van der Waals surface area contributed by atoms with Crippen molar-refractivity contribution < 1.29 is 19.1 Å². The Kier molecular flexibility index (Phi) is 5.50. The fourth-order valence-electron chi connectivity index (χ4n) is 1.87. The lowest BCUT2D eigenvalue weighted by atomic mass is 10.2. The van der Waals surface area contributed by atoms with E-state index in [0.717, 1.165) is 0 Å². The molecule has 0 aromatic heterocycles. The van der Waals surface area contributed by atoms with Gasteiger partial charge >= 0.3 is 5.97 Å². The van der Waals surface area contributed by atoms with Crippen molar-refractivity contribution in [1.82, 2.24) is 5.32 Å². The van der Waals surface area contributed by atoms with Crippen LogP contribution in [0.15, 0.2) is 12.1 Å². The summed E-state index contributed by atoms with van der Waals surface area (Å²) in [6.45, 7) is -0.513. The number of hydrogen-bond acceptors (Lipinski definition) is 4. The summed E-state index contributed by atoms with van der Waals surface area (Å²) in [4.78, 5) is 34.4. The Bertz CT molecular complexity index is 613. The van der Waals surface area contributed by atoms with Crippen molar-refractivity contribution in [1.29, 1.82) is 0 Å². The first kappa shape index (κ1) is 16.9. The molecule has 0 radical (unpaired) electrons. The van der Waals surface area contributed by atoms with Crippen LogP contribution in [0.3, 0.4) is 0 Å². The standard InChI is InChI=1S/C13H11Cl3N2O4/c14-6-3-7(15)12(8(16)4-6)18-11(20)5-22-13(21)9-1-2-10(19)17-9/h3-4,9H,1-2,5H2,(H,17,19)(H,18,20)/t9-/m1/s1. The number of halogens is 3. The van der Waals surface area contributed by atoms with E-state index in [2.05, 4.69) is 10.6 Å². The molecule has 0 unspecified atom stereocenters. The molecule has 0 spiro atoms. The second-order valence-corrected chi connectivity index (χ2v) is 5.81. The van der Waals surface area contributed by atoms with E-state index in [9.17, 15) is 14.4 Å². The number of anilines is 1. The maximum Gasteiger partial charge on any atom is 0.329 e. The Balaban J connectivity index is 1.88. The van der Waals surface area contributed by atoms with Gasteiger partial charge in [-0.05, 0) is 18.6 Å². The molecule has 118 valence electrons. The van der Waals surface area contributed by atoms with Gasteiger partial charge in [-0.15, -0.1) is 0 Å². The molecule has 1 aromatic carbocycles. The van der Waals surface area contributed by atoms with Crippen LogP contribution >= 0.6 is 34.8 Å². The Hall–Kier alpha value is -1.50. The molecule has 0 aliphatic carbocycles. The van der Waals surface area contributed by atoms with Crippen molar-refractivity contribution in [2.45, 2.75) is 18.9 Å². The van der Waals surface area contributed by atoms with E-state index in [4.69, 9.17) is 39.5 Å². The first-order valence-electron chi connectivity index (χ1n) is 6.27. The van der Waals surface area contributed by atoms with Gasteiger partial charge in [0.1, 0.15) is 6.04 Å². The summed E-state index contributed by atoms with van der Waals surface area (Å²) in [5, 5.41) is 5.55. The summed E-state index contributed by atoms with van der Waals surface area (Å²) in [5.41, 5.74) is 0.183. The van der Waals surface area contributed by atoms with Crippen LogP contribution in [-0.2, 0) is 19.1 Å². The topological polar surface area (TPSA) is 84.5 Å². The van der Waals surface area contributed by atoms with Crippen LogP contribution in [0.2, 0.25) is 15.1 Å². The van der Waals surface area contributed by atoms with Crippen LogP contribution in [-0.4, -0.2) is 30.4 Å². The molecule has 2 rings (SSSR count). The lowest BCUT2D eigenvalue weighted by molar-refractivity contribution is -0.149. The minimum absolute atomic E-state index is 0.167. The number of esters is 1. The van der Waals surface area contributed by atoms with Crippen LogP contribution in [0.5, 0.6) is 0 Å². The molecule has 1 fully saturated rings. The van der Waals surface area contributed by atoms with Crippen molar-refractivity contribution in [3.05, 3.63) is 27.2 Å². The third-order valence-corrected chi connectivity index (χ3v) is 3.71. The van der Waals surface area contributed by atoms with Gasteiger partial charge in [-0.2, -0.15) is 0 Å². The fraction of sp³-hybridized carbons (Fsp3) is 0.308. The van der Waals surface area contributed by atoms with Crippen LogP contribution in [0.4, 0.5) is 5.69 Å². The average molecular weight is 366 g/mol. The van der Waals surface area contributed by atoms with Gasteiger partial charge in [-0.3, -0.25) is 9.59 Å². The number of hydrogen-bond donors (Lipinski definition) is 2. The van der Waals surface area contributed by atoms with Crippen molar-refractivity contribution in [3.63, 3.8) is 0 Å². The van der Waals surface area contributed by atoms with E-state index in [-0.39, 0.29) is 28.1 Å². The maximum atomic E-state index is 11.8. The minimum atomic E-state index is -0.706. The summed E-state index contributed by atoms with van der Waals surface area (Å²) in [6.07, 6.45) is 0.621. The fourth-order valence-corrected chi connectivity index (χ4v) is 2.78. The number of benzene rings is 1. The smallest absolute Gasteiger partial charge is 0.329 e. The molecule has 1 aliphatic heterocycles. The first-order valence-corrected chi connectivity index (χ1v) is 7.40. The molecule has 0 bridgehead atoms. The minimum Gasteiger partial charge on any atom is -0.454 e. The largest absolute Gasteiger partial charge is 0.454 e. The summed E-state index contributed by atoms with van der Waals surface area (Å²) in [5.74, 6) is -1.48. The number of rotatable bonds is 4. The second kappa shape index (κ2) is 7.17. The highest BCUT2D eigenvalue weighted by Crippen LogP contribution is 2.33. The van der Waals surface area contributed by atoms with Crippen molar-refractivity contribution in [2.75, 3.05) is 11.9 Å². The normalized spacial score (nSPS) is 17.0. The van der Waals surface area contributed by atoms with Gasteiger partial charge < -0.3 is 15.4 Å². The first-order chi connectivity index (χ1) is 10.4. The molecule has 1 aliphatic rings. The van der Waals surface area contributed by atoms with Gasteiger partial charge in [0.25, 0.3) is 5.91 Å². The highest BCUT2D eigenvalue weighted by atomic mass is 35.5. The van der Waals surface area contributed by atoms with Gasteiger partial charge in [-0.25, -0.2) is 4.79 Å². The average Bonchev–Trinajstić information content (AvgIpc) is 2.87. The number of carbonyl (C=O) groups is 3. The Labute approximate surface area is 141 Å². The predicted molar refractivity (Wildman–Crippen MR) is 82.2 cm³/mol. The van der Waals surface area contributed by atoms with Gasteiger partial charge in [0.2, 0.25) is 5.91 Å². The second-order valence-electron chi connectivity index (χ2n) is 4.56. The Morgan fingerprint density at radius 2 is 1.91 bits per heavy atom. The van der Waals surface area contributed by atoms with Crippen LogP contribution in [0.25, 0.3) is 0 Å². The van der Waals surface area contributed by atoms with E-state index in [0.29, 0.717) is 11.4 Å². The summed E-state index contributed by atoms with van der Waals surface area (Å²) in [6, 6.07) is 2.14. The molecular formula is C13H11Cl3N2O4. The van der Waals surface area contributed by atoms with E-state index >= 15 is 0 Å². The van der Waals surface area contributed by atoms with E-state index in [1.807, 2.05) is 0 Å². The van der Waals surface area contributed by atoms with Crippen LogP contribution < -0.4 is 10.6 Å². The lowest BCUT2D eigenvalue weighted by Crippen LogP contribution is -2.36. The molecule has 1 atom stereocenters. The molecule has 22 heavy (non-hydrogen) atoms. The molecule has 9 heteroatoms. The highest BCUT2D eigenvalue weighted by Gasteiger charge is 2.28. The monoisotopic (exact) mass is 364 g/mol. The van der Waals surface area contributed by atoms with Crippen molar-refractivity contribution in [3.8, 4) is 0 Å². The number of amides is 2. The maximum absolute atomic E-state index is 11.8. The number of nitrogens with one attached hydrogen (secondary N) is 2. The van der Waals surface area contributed by atoms with Gasteiger partial charge in [-0.1, -0.05) is 34.8 Å². The summed E-state index contributed by atoms with van der Waals surface area (Å²) < 4.78 is 4.83. The summed E-state index contributed by atoms with van der Waals surface area (Å²) >= 11 is 17.6. The van der Waals surface area contributed by atoms with Crippen molar-refractivity contribution >= 4 is 58.3 Å². The molecule has 6 nitrogen and oxygen atoms in total. The van der Waals surface area contributed by atoms with Gasteiger partial charge in [0.15, 0.2) is 6.61 Å². The predicted octanol–water partition coefficient (Wildman–Crippen LogP) is 2.41. The quantitative estimate of drug-likeness (QED) is 0.803. The number of carbonyl (C=O) groups excluding carboxylic acids is 3. The third-order valence-electron chi connectivity index (χ3n) is 2.90. The third kappa shape index (κ3) is 4.25. The lowest BCUT2D eigenvalue weighted by Gasteiger charge is -2.12. The molecule has 2 amide bonds.